The van der Waals surface area contributed by atoms with Crippen LogP contribution in [0.2, 0.25) is 5.02 Å². The molecule has 0 aromatic heterocycles. The number of benzene rings is 2. The molecule has 2 aromatic rings. The van der Waals surface area contributed by atoms with Gasteiger partial charge in [-0.15, -0.1) is 0 Å². The fraction of sp³-hybridized carbons (Fsp3) is 0.188. The van der Waals surface area contributed by atoms with Crippen LogP contribution in [0.5, 0.6) is 0 Å². The molecule has 0 saturated heterocycles. The Balaban J connectivity index is 1.65. The zero-order valence-corrected chi connectivity index (χ0v) is 11.6. The molecule has 0 radical (unpaired) electrons. The van der Waals surface area contributed by atoms with Gasteiger partial charge in [0.1, 0.15) is 0 Å². The van der Waals surface area contributed by atoms with Crippen molar-refractivity contribution in [3.63, 3.8) is 0 Å². The molecule has 0 aliphatic heterocycles. The predicted molar refractivity (Wildman–Crippen MR) is 81.8 cm³/mol. The number of nitrogen functional groups attached to an aromatic ring is 1. The first-order chi connectivity index (χ1) is 9.65. The van der Waals surface area contributed by atoms with Crippen LogP contribution >= 0.6 is 11.6 Å². The molecular weight excluding hydrogens is 272 g/mol. The number of amides is 1. The highest BCUT2D eigenvalue weighted by atomic mass is 35.5. The summed E-state index contributed by atoms with van der Waals surface area (Å²) in [6, 6.07) is 15.3. The van der Waals surface area contributed by atoms with E-state index in [0.29, 0.717) is 22.3 Å². The minimum Gasteiger partial charge on any atom is -0.397 e. The van der Waals surface area contributed by atoms with Gasteiger partial charge in [-0.2, -0.15) is 0 Å². The molecule has 1 aliphatic rings. The van der Waals surface area contributed by atoms with Crippen LogP contribution in [-0.4, -0.2) is 5.91 Å². The highest BCUT2D eigenvalue weighted by molar-refractivity contribution is 6.33. The quantitative estimate of drug-likeness (QED) is 0.846. The Kier molecular flexibility index (Phi) is 3.36. The lowest BCUT2D eigenvalue weighted by atomic mass is 10.1. The zero-order chi connectivity index (χ0) is 14.1. The summed E-state index contributed by atoms with van der Waals surface area (Å²) in [5.74, 6) is 0.427. The summed E-state index contributed by atoms with van der Waals surface area (Å²) in [6.45, 7) is 0. The van der Waals surface area contributed by atoms with E-state index in [9.17, 15) is 4.79 Å². The van der Waals surface area contributed by atoms with Crippen molar-refractivity contribution < 1.29 is 4.79 Å². The van der Waals surface area contributed by atoms with Crippen molar-refractivity contribution in [2.24, 2.45) is 5.92 Å². The molecule has 1 fully saturated rings. The summed E-state index contributed by atoms with van der Waals surface area (Å²) in [4.78, 5) is 12.2. The van der Waals surface area contributed by atoms with Gasteiger partial charge in [0, 0.05) is 11.6 Å². The highest BCUT2D eigenvalue weighted by Crippen LogP contribution is 2.47. The number of halogens is 1. The van der Waals surface area contributed by atoms with Crippen LogP contribution in [0.15, 0.2) is 48.5 Å². The molecule has 20 heavy (non-hydrogen) atoms. The fourth-order valence-corrected chi connectivity index (χ4v) is 2.53. The number of nitrogens with two attached hydrogens (primary N) is 1. The molecule has 0 bridgehead atoms. The van der Waals surface area contributed by atoms with Gasteiger partial charge in [-0.05, 0) is 36.1 Å². The van der Waals surface area contributed by atoms with Crippen LogP contribution in [0.3, 0.4) is 0 Å². The summed E-state index contributed by atoms with van der Waals surface area (Å²) in [6.07, 6.45) is 0.902. The van der Waals surface area contributed by atoms with Crippen molar-refractivity contribution in [1.29, 1.82) is 0 Å². The maximum absolute atomic E-state index is 12.2. The Hall–Kier alpha value is -2.00. The molecule has 1 saturated carbocycles. The van der Waals surface area contributed by atoms with Gasteiger partial charge < -0.3 is 11.1 Å². The molecular formula is C16H15ClN2O. The van der Waals surface area contributed by atoms with Crippen LogP contribution in [0.25, 0.3) is 0 Å². The third-order valence-electron chi connectivity index (χ3n) is 3.62. The summed E-state index contributed by atoms with van der Waals surface area (Å²) in [5.41, 5.74) is 8.11. The van der Waals surface area contributed by atoms with Gasteiger partial charge in [-0.1, -0.05) is 41.9 Å². The van der Waals surface area contributed by atoms with Gasteiger partial charge in [0.15, 0.2) is 0 Å². The standard InChI is InChI=1S/C16H15ClN2O/c17-14-7-6-11(8-15(14)18)19-16(20)13-9-12(13)10-4-2-1-3-5-10/h1-8,12-13H,9,18H2,(H,19,20). The van der Waals surface area contributed by atoms with Crippen molar-refractivity contribution in [1.82, 2.24) is 0 Å². The molecule has 3 N–H and O–H groups in total. The van der Waals surface area contributed by atoms with Crippen LogP contribution in [0.4, 0.5) is 11.4 Å². The number of hydrogen-bond donors (Lipinski definition) is 2. The van der Waals surface area contributed by atoms with E-state index in [2.05, 4.69) is 17.4 Å². The number of rotatable bonds is 3. The van der Waals surface area contributed by atoms with E-state index in [4.69, 9.17) is 17.3 Å². The SMILES string of the molecule is Nc1cc(NC(=O)C2CC2c2ccccc2)ccc1Cl. The van der Waals surface area contributed by atoms with Crippen LogP contribution in [0, 0.1) is 5.92 Å². The maximum Gasteiger partial charge on any atom is 0.228 e. The van der Waals surface area contributed by atoms with Gasteiger partial charge in [0.05, 0.1) is 10.7 Å². The monoisotopic (exact) mass is 286 g/mol. The second-order valence-electron chi connectivity index (χ2n) is 5.08. The summed E-state index contributed by atoms with van der Waals surface area (Å²) >= 11 is 5.86. The fourth-order valence-electron chi connectivity index (χ4n) is 2.41. The van der Waals surface area contributed by atoms with E-state index >= 15 is 0 Å². The van der Waals surface area contributed by atoms with Gasteiger partial charge in [0.2, 0.25) is 5.91 Å². The Bertz CT molecular complexity index is 642. The number of hydrogen-bond acceptors (Lipinski definition) is 2. The average molecular weight is 287 g/mol. The minimum absolute atomic E-state index is 0.0422. The summed E-state index contributed by atoms with van der Waals surface area (Å²) in [7, 11) is 0. The molecule has 2 unspecified atom stereocenters. The van der Waals surface area contributed by atoms with Crippen molar-refractivity contribution in [2.45, 2.75) is 12.3 Å². The largest absolute Gasteiger partial charge is 0.397 e. The normalized spacial score (nSPS) is 20.4. The van der Waals surface area contributed by atoms with E-state index in [-0.39, 0.29) is 11.8 Å². The van der Waals surface area contributed by atoms with Crippen molar-refractivity contribution >= 4 is 28.9 Å². The molecule has 0 spiro atoms. The van der Waals surface area contributed by atoms with E-state index in [1.807, 2.05) is 18.2 Å². The summed E-state index contributed by atoms with van der Waals surface area (Å²) < 4.78 is 0. The third-order valence-corrected chi connectivity index (χ3v) is 3.96. The van der Waals surface area contributed by atoms with Gasteiger partial charge in [0.25, 0.3) is 0 Å². The average Bonchev–Trinajstić information content (AvgIpc) is 3.24. The van der Waals surface area contributed by atoms with E-state index < -0.39 is 0 Å². The Morgan fingerprint density at radius 3 is 2.65 bits per heavy atom. The molecule has 0 heterocycles. The molecule has 1 aliphatic carbocycles. The topological polar surface area (TPSA) is 55.1 Å². The lowest BCUT2D eigenvalue weighted by molar-refractivity contribution is -0.117. The Morgan fingerprint density at radius 2 is 1.95 bits per heavy atom. The van der Waals surface area contributed by atoms with Crippen molar-refractivity contribution in [3.05, 3.63) is 59.1 Å². The van der Waals surface area contributed by atoms with E-state index in [1.54, 1.807) is 18.2 Å². The molecule has 2 atom stereocenters. The van der Waals surface area contributed by atoms with Crippen LogP contribution < -0.4 is 11.1 Å². The van der Waals surface area contributed by atoms with Crippen molar-refractivity contribution in [2.75, 3.05) is 11.1 Å². The zero-order valence-electron chi connectivity index (χ0n) is 10.8. The van der Waals surface area contributed by atoms with Gasteiger partial charge in [-0.3, -0.25) is 4.79 Å². The van der Waals surface area contributed by atoms with Crippen molar-refractivity contribution in [3.8, 4) is 0 Å². The maximum atomic E-state index is 12.2. The first-order valence-corrected chi connectivity index (χ1v) is 6.94. The molecule has 102 valence electrons. The lowest BCUT2D eigenvalue weighted by Crippen LogP contribution is -2.14. The van der Waals surface area contributed by atoms with Gasteiger partial charge in [-0.25, -0.2) is 0 Å². The van der Waals surface area contributed by atoms with Crippen LogP contribution in [-0.2, 0) is 4.79 Å². The molecule has 2 aromatic carbocycles. The van der Waals surface area contributed by atoms with E-state index in [1.165, 1.54) is 5.56 Å². The number of carbonyl (C=O) groups excluding carboxylic acids is 1. The molecule has 3 rings (SSSR count). The van der Waals surface area contributed by atoms with Crippen LogP contribution in [0.1, 0.15) is 17.9 Å². The Labute approximate surface area is 122 Å². The molecule has 4 heteroatoms. The lowest BCUT2D eigenvalue weighted by Gasteiger charge is -2.07. The second-order valence-corrected chi connectivity index (χ2v) is 5.49. The third kappa shape index (κ3) is 2.63. The van der Waals surface area contributed by atoms with Gasteiger partial charge >= 0.3 is 0 Å². The predicted octanol–water partition coefficient (Wildman–Crippen LogP) is 3.66. The number of anilines is 2. The number of carbonyl (C=O) groups is 1. The van der Waals surface area contributed by atoms with E-state index in [0.717, 1.165) is 6.42 Å². The molecule has 3 nitrogen and oxygen atoms in total. The Morgan fingerprint density at radius 1 is 1.20 bits per heavy atom. The molecule has 1 amide bonds. The smallest absolute Gasteiger partial charge is 0.228 e. The second kappa shape index (κ2) is 5.17. The number of nitrogens with one attached hydrogen (secondary N) is 1. The highest BCUT2D eigenvalue weighted by Gasteiger charge is 2.43. The summed E-state index contributed by atoms with van der Waals surface area (Å²) in [5, 5.41) is 3.39. The first-order valence-electron chi connectivity index (χ1n) is 6.56. The minimum atomic E-state index is 0.0422. The first kappa shape index (κ1) is 13.0.